The fraction of sp³-hybridized carbons (Fsp3) is 0.167. The van der Waals surface area contributed by atoms with Gasteiger partial charge < -0.3 is 9.47 Å². The van der Waals surface area contributed by atoms with Crippen molar-refractivity contribution in [2.75, 3.05) is 0 Å². The number of fused-ring (bicyclic) bond motifs is 2. The van der Waals surface area contributed by atoms with E-state index in [4.69, 9.17) is 9.47 Å². The van der Waals surface area contributed by atoms with Gasteiger partial charge in [-0.15, -0.1) is 0 Å². The summed E-state index contributed by atoms with van der Waals surface area (Å²) in [4.78, 5) is 33.2. The van der Waals surface area contributed by atoms with Gasteiger partial charge >= 0.3 is 11.9 Å². The van der Waals surface area contributed by atoms with Crippen molar-refractivity contribution in [2.24, 2.45) is 0 Å². The summed E-state index contributed by atoms with van der Waals surface area (Å²) in [5.74, 6) is -0.615. The molecule has 2 aromatic carbocycles. The highest BCUT2D eigenvalue weighted by Crippen LogP contribution is 2.36. The van der Waals surface area contributed by atoms with Gasteiger partial charge in [0.25, 0.3) is 0 Å². The second-order valence-electron chi connectivity index (χ2n) is 6.98. The third-order valence-electron chi connectivity index (χ3n) is 4.64. The minimum absolute atomic E-state index is 0.231. The Labute approximate surface area is 183 Å². The molecule has 2 aromatic heterocycles. The highest BCUT2D eigenvalue weighted by Gasteiger charge is 2.10. The third kappa shape index (κ3) is 5.00. The topological polar surface area (TPSA) is 78.4 Å². The molecule has 2 heterocycles. The van der Waals surface area contributed by atoms with Crippen LogP contribution in [0.2, 0.25) is 0 Å². The van der Waals surface area contributed by atoms with E-state index in [-0.39, 0.29) is 25.2 Å². The molecule has 0 saturated carbocycles. The lowest BCUT2D eigenvalue weighted by molar-refractivity contribution is -0.143. The summed E-state index contributed by atoms with van der Waals surface area (Å²) < 4.78 is 10.2. The maximum absolute atomic E-state index is 11.1. The Hall–Kier alpha value is -3.45. The van der Waals surface area contributed by atoms with E-state index < -0.39 is 0 Å². The molecule has 0 N–H and O–H groups in total. The molecule has 4 rings (SSSR count). The molecule has 0 atom stereocenters. The largest absolute Gasteiger partial charge is 0.461 e. The normalized spacial score (nSPS) is 10.9. The number of carbonyl (C=O) groups is 2. The van der Waals surface area contributed by atoms with Crippen molar-refractivity contribution < 1.29 is 19.1 Å². The van der Waals surface area contributed by atoms with Crippen LogP contribution in [0.15, 0.2) is 70.7 Å². The molecule has 0 amide bonds. The highest BCUT2D eigenvalue weighted by atomic mass is 32.2. The van der Waals surface area contributed by atoms with Crippen LogP contribution in [0, 0.1) is 0 Å². The van der Waals surface area contributed by atoms with Gasteiger partial charge in [-0.05, 0) is 35.4 Å². The van der Waals surface area contributed by atoms with E-state index in [1.165, 1.54) is 13.8 Å². The molecule has 0 unspecified atom stereocenters. The maximum Gasteiger partial charge on any atom is 0.302 e. The molecule has 0 saturated heterocycles. The van der Waals surface area contributed by atoms with Crippen LogP contribution in [-0.4, -0.2) is 21.9 Å². The van der Waals surface area contributed by atoms with Gasteiger partial charge in [-0.1, -0.05) is 36.0 Å². The standard InChI is InChI=1S/C24H20N2O4S/c1-15(27)29-13-17-3-5-19-21(11-17)25-9-7-23(19)31-24-8-10-26-22-12-18(4-6-20(22)24)14-30-16(2)28/h3-12H,13-14H2,1-2H3. The fourth-order valence-corrected chi connectivity index (χ4v) is 4.24. The van der Waals surface area contributed by atoms with E-state index in [1.54, 1.807) is 24.2 Å². The van der Waals surface area contributed by atoms with E-state index in [0.29, 0.717) is 0 Å². The van der Waals surface area contributed by atoms with E-state index in [1.807, 2.05) is 48.5 Å². The van der Waals surface area contributed by atoms with Crippen LogP contribution in [0.1, 0.15) is 25.0 Å². The second-order valence-corrected chi connectivity index (χ2v) is 8.07. The number of esters is 2. The lowest BCUT2D eigenvalue weighted by Crippen LogP contribution is -1.99. The molecular formula is C24H20N2O4S. The van der Waals surface area contributed by atoms with Gasteiger partial charge in [0.05, 0.1) is 11.0 Å². The zero-order valence-corrected chi connectivity index (χ0v) is 17.9. The number of rotatable bonds is 6. The molecular weight excluding hydrogens is 412 g/mol. The molecule has 0 aliphatic rings. The number of pyridine rings is 2. The minimum Gasteiger partial charge on any atom is -0.461 e. The number of ether oxygens (including phenoxy) is 2. The summed E-state index contributed by atoms with van der Waals surface area (Å²) in [5, 5.41) is 2.05. The summed E-state index contributed by atoms with van der Waals surface area (Å²) >= 11 is 1.64. The van der Waals surface area contributed by atoms with Gasteiger partial charge in [0.2, 0.25) is 0 Å². The lowest BCUT2D eigenvalue weighted by Gasteiger charge is -2.10. The summed E-state index contributed by atoms with van der Waals surface area (Å²) in [5.41, 5.74) is 3.48. The van der Waals surface area contributed by atoms with Crippen molar-refractivity contribution in [3.05, 3.63) is 72.1 Å². The van der Waals surface area contributed by atoms with Crippen LogP contribution in [0.25, 0.3) is 21.8 Å². The SMILES string of the molecule is CC(=O)OCc1ccc2c(Sc3ccnc4cc(COC(C)=O)ccc34)ccnc2c1. The van der Waals surface area contributed by atoms with E-state index in [0.717, 1.165) is 42.7 Å². The lowest BCUT2D eigenvalue weighted by atomic mass is 10.1. The first kappa shape index (κ1) is 20.8. The average Bonchev–Trinajstić information content (AvgIpc) is 2.76. The van der Waals surface area contributed by atoms with Gasteiger partial charge in [-0.3, -0.25) is 19.6 Å². The number of aromatic nitrogens is 2. The number of carbonyl (C=O) groups excluding carboxylic acids is 2. The Bertz CT molecular complexity index is 1190. The van der Waals surface area contributed by atoms with E-state index in [9.17, 15) is 9.59 Å². The van der Waals surface area contributed by atoms with Gasteiger partial charge in [0.15, 0.2) is 0 Å². The molecule has 0 aliphatic heterocycles. The average molecular weight is 433 g/mol. The fourth-order valence-electron chi connectivity index (χ4n) is 3.18. The molecule has 156 valence electrons. The Morgan fingerprint density at radius 2 is 1.19 bits per heavy atom. The van der Waals surface area contributed by atoms with E-state index >= 15 is 0 Å². The first-order valence-corrected chi connectivity index (χ1v) is 10.5. The number of nitrogens with zero attached hydrogens (tertiary/aromatic N) is 2. The molecule has 0 aliphatic carbocycles. The molecule has 0 fully saturated rings. The number of benzene rings is 2. The number of hydrogen-bond acceptors (Lipinski definition) is 7. The second kappa shape index (κ2) is 9.14. The van der Waals surface area contributed by atoms with Crippen LogP contribution in [0.3, 0.4) is 0 Å². The summed E-state index contributed by atoms with van der Waals surface area (Å²) in [7, 11) is 0. The third-order valence-corrected chi connectivity index (χ3v) is 5.79. The Balaban J connectivity index is 1.63. The smallest absolute Gasteiger partial charge is 0.302 e. The first-order valence-electron chi connectivity index (χ1n) is 9.69. The molecule has 6 nitrogen and oxygen atoms in total. The van der Waals surface area contributed by atoms with Gasteiger partial charge in [0.1, 0.15) is 13.2 Å². The minimum atomic E-state index is -0.307. The summed E-state index contributed by atoms with van der Waals surface area (Å²) in [6, 6.07) is 15.8. The van der Waals surface area contributed by atoms with Crippen molar-refractivity contribution in [3.63, 3.8) is 0 Å². The predicted molar refractivity (Wildman–Crippen MR) is 119 cm³/mol. The molecule has 31 heavy (non-hydrogen) atoms. The number of hydrogen-bond donors (Lipinski definition) is 0. The van der Waals surface area contributed by atoms with Crippen LogP contribution in [-0.2, 0) is 32.3 Å². The summed E-state index contributed by atoms with van der Waals surface area (Å²) in [6.45, 7) is 3.25. The van der Waals surface area contributed by atoms with Gasteiger partial charge in [0, 0.05) is 46.8 Å². The van der Waals surface area contributed by atoms with Crippen LogP contribution in [0.5, 0.6) is 0 Å². The van der Waals surface area contributed by atoms with Crippen LogP contribution in [0.4, 0.5) is 0 Å². The predicted octanol–water partition coefficient (Wildman–Crippen LogP) is 5.06. The van der Waals surface area contributed by atoms with Crippen molar-refractivity contribution in [2.45, 2.75) is 36.9 Å². The molecule has 0 spiro atoms. The van der Waals surface area contributed by atoms with Crippen molar-refractivity contribution >= 4 is 45.5 Å². The quantitative estimate of drug-likeness (QED) is 0.394. The Morgan fingerprint density at radius 1 is 0.742 bits per heavy atom. The van der Waals surface area contributed by atoms with Crippen LogP contribution < -0.4 is 0 Å². The molecule has 7 heteroatoms. The first-order chi connectivity index (χ1) is 15.0. The van der Waals surface area contributed by atoms with Crippen molar-refractivity contribution in [1.82, 2.24) is 9.97 Å². The zero-order chi connectivity index (χ0) is 21.8. The molecule has 0 bridgehead atoms. The maximum atomic E-state index is 11.1. The molecule has 4 aromatic rings. The van der Waals surface area contributed by atoms with Gasteiger partial charge in [-0.2, -0.15) is 0 Å². The molecule has 0 radical (unpaired) electrons. The van der Waals surface area contributed by atoms with Crippen molar-refractivity contribution in [3.8, 4) is 0 Å². The zero-order valence-electron chi connectivity index (χ0n) is 17.1. The Morgan fingerprint density at radius 3 is 1.61 bits per heavy atom. The van der Waals surface area contributed by atoms with Crippen molar-refractivity contribution in [1.29, 1.82) is 0 Å². The van der Waals surface area contributed by atoms with Crippen LogP contribution >= 0.6 is 11.8 Å². The highest BCUT2D eigenvalue weighted by molar-refractivity contribution is 7.99. The van der Waals surface area contributed by atoms with E-state index in [2.05, 4.69) is 9.97 Å². The Kier molecular flexibility index (Phi) is 6.13. The summed E-state index contributed by atoms with van der Waals surface area (Å²) in [6.07, 6.45) is 3.56. The monoisotopic (exact) mass is 432 g/mol. The van der Waals surface area contributed by atoms with Gasteiger partial charge in [-0.25, -0.2) is 0 Å².